The molecule has 0 amide bonds. The molecule has 1 aliphatic carbocycles. The lowest BCUT2D eigenvalue weighted by Gasteiger charge is -2.09. The zero-order chi connectivity index (χ0) is 12.3. The summed E-state index contributed by atoms with van der Waals surface area (Å²) in [5.74, 6) is 0.840. The van der Waals surface area contributed by atoms with E-state index in [2.05, 4.69) is 12.2 Å². The van der Waals surface area contributed by atoms with Gasteiger partial charge in [0.2, 0.25) is 0 Å². The summed E-state index contributed by atoms with van der Waals surface area (Å²) >= 11 is 0. The van der Waals surface area contributed by atoms with Gasteiger partial charge in [-0.1, -0.05) is 39.0 Å². The maximum Gasteiger partial charge on any atom is 0.319 e. The summed E-state index contributed by atoms with van der Waals surface area (Å²) in [4.78, 5) is 11.3. The second-order valence-corrected chi connectivity index (χ2v) is 5.04. The van der Waals surface area contributed by atoms with Gasteiger partial charge < -0.3 is 10.1 Å². The van der Waals surface area contributed by atoms with Crippen molar-refractivity contribution in [3.63, 3.8) is 0 Å². The molecule has 100 valence electrons. The fourth-order valence-electron chi connectivity index (χ4n) is 2.39. The zero-order valence-corrected chi connectivity index (χ0v) is 11.2. The first kappa shape index (κ1) is 14.5. The van der Waals surface area contributed by atoms with Crippen LogP contribution >= 0.6 is 0 Å². The van der Waals surface area contributed by atoms with Gasteiger partial charge in [-0.3, -0.25) is 4.79 Å². The van der Waals surface area contributed by atoms with Crippen LogP contribution in [0.15, 0.2) is 0 Å². The summed E-state index contributed by atoms with van der Waals surface area (Å²) in [5.41, 5.74) is 0. The number of esters is 1. The van der Waals surface area contributed by atoms with E-state index >= 15 is 0 Å². The average molecular weight is 241 g/mol. The number of carbonyl (C=O) groups excluding carboxylic acids is 1. The van der Waals surface area contributed by atoms with Gasteiger partial charge >= 0.3 is 5.97 Å². The third-order valence-electron chi connectivity index (χ3n) is 3.47. The molecule has 0 saturated heterocycles. The molecule has 0 radical (unpaired) electrons. The van der Waals surface area contributed by atoms with Gasteiger partial charge in [-0.2, -0.15) is 0 Å². The van der Waals surface area contributed by atoms with Crippen LogP contribution in [0.3, 0.4) is 0 Å². The van der Waals surface area contributed by atoms with Crippen molar-refractivity contribution in [1.82, 2.24) is 5.32 Å². The summed E-state index contributed by atoms with van der Waals surface area (Å²) in [7, 11) is 0. The Kier molecular flexibility index (Phi) is 8.06. The summed E-state index contributed by atoms with van der Waals surface area (Å²) < 4.78 is 5.06. The van der Waals surface area contributed by atoms with Crippen molar-refractivity contribution in [1.29, 1.82) is 0 Å². The Labute approximate surface area is 105 Å². The predicted octanol–water partition coefficient (Wildman–Crippen LogP) is 2.89. The Morgan fingerprint density at radius 1 is 1.29 bits per heavy atom. The molecule has 0 heterocycles. The normalized spacial score (nSPS) is 16.3. The van der Waals surface area contributed by atoms with Crippen LogP contribution in [0.2, 0.25) is 0 Å². The third-order valence-corrected chi connectivity index (χ3v) is 3.47. The van der Waals surface area contributed by atoms with Crippen LogP contribution in [-0.4, -0.2) is 25.7 Å². The van der Waals surface area contributed by atoms with Crippen molar-refractivity contribution in [3.05, 3.63) is 0 Å². The number of carbonyl (C=O) groups is 1. The Hall–Kier alpha value is -0.570. The van der Waals surface area contributed by atoms with Crippen LogP contribution in [0, 0.1) is 5.92 Å². The van der Waals surface area contributed by atoms with Gasteiger partial charge in [-0.15, -0.1) is 0 Å². The molecule has 3 heteroatoms. The van der Waals surface area contributed by atoms with E-state index in [1.807, 2.05) is 0 Å². The summed E-state index contributed by atoms with van der Waals surface area (Å²) in [6.45, 7) is 3.97. The highest BCUT2D eigenvalue weighted by Gasteiger charge is 2.13. The van der Waals surface area contributed by atoms with E-state index in [0.29, 0.717) is 13.2 Å². The smallest absolute Gasteiger partial charge is 0.319 e. The molecule has 17 heavy (non-hydrogen) atoms. The molecule has 0 bridgehead atoms. The van der Waals surface area contributed by atoms with Crippen molar-refractivity contribution < 1.29 is 9.53 Å². The van der Waals surface area contributed by atoms with Crippen molar-refractivity contribution in [2.75, 3.05) is 19.7 Å². The zero-order valence-electron chi connectivity index (χ0n) is 11.2. The Balaban J connectivity index is 1.84. The van der Waals surface area contributed by atoms with Crippen LogP contribution in [-0.2, 0) is 9.53 Å². The van der Waals surface area contributed by atoms with Gasteiger partial charge in [0.25, 0.3) is 0 Å². The fourth-order valence-corrected chi connectivity index (χ4v) is 2.39. The molecule has 0 atom stereocenters. The molecule has 0 aromatic heterocycles. The molecule has 0 spiro atoms. The SMILES string of the molecule is CCCCOC(=O)CNCCCC1CCCC1. The number of nitrogens with one attached hydrogen (secondary N) is 1. The van der Waals surface area contributed by atoms with E-state index in [9.17, 15) is 4.79 Å². The molecule has 1 aliphatic rings. The van der Waals surface area contributed by atoms with E-state index in [4.69, 9.17) is 4.74 Å². The van der Waals surface area contributed by atoms with E-state index in [1.165, 1.54) is 38.5 Å². The molecule has 0 unspecified atom stereocenters. The van der Waals surface area contributed by atoms with Crippen LogP contribution in [0.4, 0.5) is 0 Å². The Bertz CT molecular complexity index is 200. The monoisotopic (exact) mass is 241 g/mol. The molecule has 0 aromatic carbocycles. The quantitative estimate of drug-likeness (QED) is 0.498. The predicted molar refractivity (Wildman–Crippen MR) is 69.9 cm³/mol. The Morgan fingerprint density at radius 2 is 2.06 bits per heavy atom. The second-order valence-electron chi connectivity index (χ2n) is 5.04. The van der Waals surface area contributed by atoms with E-state index in [1.54, 1.807) is 0 Å². The Morgan fingerprint density at radius 3 is 2.76 bits per heavy atom. The minimum atomic E-state index is -0.112. The number of unbranched alkanes of at least 4 members (excludes halogenated alkanes) is 1. The van der Waals surface area contributed by atoms with E-state index in [0.717, 1.165) is 25.3 Å². The molecule has 0 aliphatic heterocycles. The first-order chi connectivity index (χ1) is 8.33. The van der Waals surface area contributed by atoms with Crippen LogP contribution in [0.25, 0.3) is 0 Å². The van der Waals surface area contributed by atoms with Gasteiger partial charge in [-0.25, -0.2) is 0 Å². The van der Waals surface area contributed by atoms with Crippen LogP contribution in [0.5, 0.6) is 0 Å². The van der Waals surface area contributed by atoms with Gasteiger partial charge in [0.15, 0.2) is 0 Å². The number of hydrogen-bond acceptors (Lipinski definition) is 3. The van der Waals surface area contributed by atoms with E-state index < -0.39 is 0 Å². The summed E-state index contributed by atoms with van der Waals surface area (Å²) in [6, 6.07) is 0. The van der Waals surface area contributed by atoms with Crippen molar-refractivity contribution in [2.24, 2.45) is 5.92 Å². The molecule has 1 saturated carbocycles. The first-order valence-corrected chi connectivity index (χ1v) is 7.19. The van der Waals surface area contributed by atoms with Crippen molar-refractivity contribution in [3.8, 4) is 0 Å². The maximum atomic E-state index is 11.3. The van der Waals surface area contributed by atoms with Gasteiger partial charge in [0.05, 0.1) is 13.2 Å². The average Bonchev–Trinajstić information content (AvgIpc) is 2.82. The highest BCUT2D eigenvalue weighted by Crippen LogP contribution is 2.28. The second kappa shape index (κ2) is 9.46. The number of rotatable bonds is 9. The lowest BCUT2D eigenvalue weighted by Crippen LogP contribution is -2.26. The highest BCUT2D eigenvalue weighted by atomic mass is 16.5. The molecule has 1 fully saturated rings. The number of hydrogen-bond donors (Lipinski definition) is 1. The highest BCUT2D eigenvalue weighted by molar-refractivity contribution is 5.71. The van der Waals surface area contributed by atoms with Gasteiger partial charge in [-0.05, 0) is 31.7 Å². The molecule has 1 N–H and O–H groups in total. The van der Waals surface area contributed by atoms with Crippen molar-refractivity contribution in [2.45, 2.75) is 58.3 Å². The van der Waals surface area contributed by atoms with Gasteiger partial charge in [0, 0.05) is 0 Å². The summed E-state index contributed by atoms with van der Waals surface area (Å²) in [6.07, 6.45) is 10.2. The lowest BCUT2D eigenvalue weighted by molar-refractivity contribution is -0.142. The standard InChI is InChI=1S/C14H27NO2/c1-2-3-11-17-14(16)12-15-10-6-9-13-7-4-5-8-13/h13,15H,2-12H2,1H3. The molecule has 0 aromatic rings. The molecular weight excluding hydrogens is 214 g/mol. The lowest BCUT2D eigenvalue weighted by atomic mass is 10.0. The minimum Gasteiger partial charge on any atom is -0.465 e. The van der Waals surface area contributed by atoms with Crippen LogP contribution < -0.4 is 5.32 Å². The number of ether oxygens (including phenoxy) is 1. The van der Waals surface area contributed by atoms with Crippen LogP contribution in [0.1, 0.15) is 58.3 Å². The topological polar surface area (TPSA) is 38.3 Å². The molecule has 3 nitrogen and oxygen atoms in total. The largest absolute Gasteiger partial charge is 0.465 e. The van der Waals surface area contributed by atoms with Gasteiger partial charge in [0.1, 0.15) is 0 Å². The molecular formula is C14H27NO2. The maximum absolute atomic E-state index is 11.3. The fraction of sp³-hybridized carbons (Fsp3) is 0.929. The first-order valence-electron chi connectivity index (χ1n) is 7.19. The summed E-state index contributed by atoms with van der Waals surface area (Å²) in [5, 5.41) is 3.16. The molecule has 1 rings (SSSR count). The van der Waals surface area contributed by atoms with Crippen molar-refractivity contribution >= 4 is 5.97 Å². The van der Waals surface area contributed by atoms with E-state index in [-0.39, 0.29) is 5.97 Å². The minimum absolute atomic E-state index is 0.112. The third kappa shape index (κ3) is 7.37.